The van der Waals surface area contributed by atoms with Gasteiger partial charge in [-0.2, -0.15) is 0 Å². The van der Waals surface area contributed by atoms with Crippen molar-refractivity contribution in [3.8, 4) is 0 Å². The molecular weight excluding hydrogens is 242 g/mol. The number of rotatable bonds is 5. The molecule has 0 aromatic heterocycles. The third-order valence-corrected chi connectivity index (χ3v) is 4.00. The van der Waals surface area contributed by atoms with E-state index in [2.05, 4.69) is 4.72 Å². The molecule has 1 atom stereocenters. The zero-order valence-electron chi connectivity index (χ0n) is 9.67. The minimum Gasteiger partial charge on any atom is -0.481 e. The van der Waals surface area contributed by atoms with E-state index in [1.807, 2.05) is 0 Å². The maximum absolute atomic E-state index is 11.9. The molecule has 0 aliphatic rings. The summed E-state index contributed by atoms with van der Waals surface area (Å²) < 4.78 is 26.1. The predicted octanol–water partition coefficient (Wildman–Crippen LogP) is 1.17. The lowest BCUT2D eigenvalue weighted by molar-refractivity contribution is -0.138. The fraction of sp³-hybridized carbons (Fsp3) is 0.364. The number of aliphatic carboxylic acids is 1. The summed E-state index contributed by atoms with van der Waals surface area (Å²) in [4.78, 5) is 10.9. The molecule has 1 aromatic rings. The molecule has 0 saturated carbocycles. The summed E-state index contributed by atoms with van der Waals surface area (Å²) in [6, 6.07) is 6.12. The molecule has 0 amide bonds. The fourth-order valence-electron chi connectivity index (χ4n) is 1.48. The summed E-state index contributed by atoms with van der Waals surface area (Å²) in [7, 11) is -3.63. The SMILES string of the molecule is CCNS(=O)(=O)c1ccccc1C(C)C(=O)O. The van der Waals surface area contributed by atoms with Crippen molar-refractivity contribution >= 4 is 16.0 Å². The van der Waals surface area contributed by atoms with Crippen LogP contribution in [0.25, 0.3) is 0 Å². The molecule has 0 aliphatic heterocycles. The first-order valence-corrected chi connectivity index (χ1v) is 6.70. The molecule has 5 nitrogen and oxygen atoms in total. The Labute approximate surface area is 101 Å². The Morgan fingerprint density at radius 2 is 2.00 bits per heavy atom. The van der Waals surface area contributed by atoms with Crippen molar-refractivity contribution in [2.45, 2.75) is 24.7 Å². The molecule has 0 fully saturated rings. The van der Waals surface area contributed by atoms with Crippen LogP contribution in [0.15, 0.2) is 29.2 Å². The largest absolute Gasteiger partial charge is 0.481 e. The van der Waals surface area contributed by atoms with Crippen molar-refractivity contribution in [1.82, 2.24) is 4.72 Å². The number of hydrogen-bond acceptors (Lipinski definition) is 3. The van der Waals surface area contributed by atoms with Gasteiger partial charge in [0.2, 0.25) is 10.0 Å². The van der Waals surface area contributed by atoms with Gasteiger partial charge in [0.05, 0.1) is 10.8 Å². The van der Waals surface area contributed by atoms with Crippen LogP contribution in [0.3, 0.4) is 0 Å². The maximum Gasteiger partial charge on any atom is 0.310 e. The second-order valence-corrected chi connectivity index (χ2v) is 5.33. The van der Waals surface area contributed by atoms with Crippen LogP contribution in [0.4, 0.5) is 0 Å². The van der Waals surface area contributed by atoms with E-state index < -0.39 is 21.9 Å². The topological polar surface area (TPSA) is 83.5 Å². The maximum atomic E-state index is 11.9. The zero-order chi connectivity index (χ0) is 13.1. The van der Waals surface area contributed by atoms with Gasteiger partial charge in [-0.15, -0.1) is 0 Å². The molecule has 0 radical (unpaired) electrons. The monoisotopic (exact) mass is 257 g/mol. The van der Waals surface area contributed by atoms with Gasteiger partial charge < -0.3 is 5.11 Å². The van der Waals surface area contributed by atoms with Crippen molar-refractivity contribution in [1.29, 1.82) is 0 Å². The minimum absolute atomic E-state index is 0.0248. The van der Waals surface area contributed by atoms with Crippen molar-refractivity contribution < 1.29 is 18.3 Å². The number of carboxylic acid groups (broad SMARTS) is 1. The van der Waals surface area contributed by atoms with Gasteiger partial charge in [0.15, 0.2) is 0 Å². The van der Waals surface area contributed by atoms with Crippen LogP contribution in [0, 0.1) is 0 Å². The fourth-order valence-corrected chi connectivity index (χ4v) is 2.83. The van der Waals surface area contributed by atoms with E-state index in [0.29, 0.717) is 5.56 Å². The number of carbonyl (C=O) groups is 1. The van der Waals surface area contributed by atoms with Gasteiger partial charge in [0, 0.05) is 6.54 Å². The Morgan fingerprint density at radius 3 is 2.53 bits per heavy atom. The Balaban J connectivity index is 3.31. The molecule has 1 aromatic carbocycles. The minimum atomic E-state index is -3.63. The molecule has 1 rings (SSSR count). The highest BCUT2D eigenvalue weighted by molar-refractivity contribution is 7.89. The van der Waals surface area contributed by atoms with E-state index >= 15 is 0 Å². The third-order valence-electron chi connectivity index (χ3n) is 2.38. The zero-order valence-corrected chi connectivity index (χ0v) is 10.5. The highest BCUT2D eigenvalue weighted by atomic mass is 32.2. The van der Waals surface area contributed by atoms with E-state index in [-0.39, 0.29) is 11.4 Å². The highest BCUT2D eigenvalue weighted by Crippen LogP contribution is 2.23. The van der Waals surface area contributed by atoms with E-state index in [4.69, 9.17) is 5.11 Å². The number of benzene rings is 1. The quantitative estimate of drug-likeness (QED) is 0.829. The van der Waals surface area contributed by atoms with Crippen LogP contribution in [-0.2, 0) is 14.8 Å². The van der Waals surface area contributed by atoms with E-state index in [1.54, 1.807) is 19.1 Å². The van der Waals surface area contributed by atoms with Crippen molar-refractivity contribution in [3.63, 3.8) is 0 Å². The first-order chi connectivity index (χ1) is 7.90. The molecule has 94 valence electrons. The Morgan fingerprint density at radius 1 is 1.41 bits per heavy atom. The van der Waals surface area contributed by atoms with Crippen LogP contribution >= 0.6 is 0 Å². The number of hydrogen-bond donors (Lipinski definition) is 2. The average Bonchev–Trinajstić information content (AvgIpc) is 2.28. The summed E-state index contributed by atoms with van der Waals surface area (Å²) in [5, 5.41) is 8.94. The first kappa shape index (κ1) is 13.7. The first-order valence-electron chi connectivity index (χ1n) is 5.21. The van der Waals surface area contributed by atoms with Crippen molar-refractivity contribution in [2.75, 3.05) is 6.54 Å². The van der Waals surface area contributed by atoms with Gasteiger partial charge in [-0.05, 0) is 18.6 Å². The van der Waals surface area contributed by atoms with Gasteiger partial charge >= 0.3 is 5.97 Å². The standard InChI is InChI=1S/C11H15NO4S/c1-3-12-17(15,16)10-7-5-4-6-9(10)8(2)11(13)14/h4-8,12H,3H2,1-2H3,(H,13,14). The summed E-state index contributed by atoms with van der Waals surface area (Å²) in [6.07, 6.45) is 0. The van der Waals surface area contributed by atoms with Gasteiger partial charge in [-0.25, -0.2) is 13.1 Å². The van der Waals surface area contributed by atoms with Crippen molar-refractivity contribution in [2.24, 2.45) is 0 Å². The van der Waals surface area contributed by atoms with Crippen LogP contribution < -0.4 is 4.72 Å². The van der Waals surface area contributed by atoms with Crippen molar-refractivity contribution in [3.05, 3.63) is 29.8 Å². The third kappa shape index (κ3) is 3.04. The predicted molar refractivity (Wildman–Crippen MR) is 63.4 cm³/mol. The molecule has 0 saturated heterocycles. The van der Waals surface area contributed by atoms with Crippen LogP contribution in [0.1, 0.15) is 25.3 Å². The Hall–Kier alpha value is -1.40. The average molecular weight is 257 g/mol. The smallest absolute Gasteiger partial charge is 0.310 e. The summed E-state index contributed by atoms with van der Waals surface area (Å²) in [5.41, 5.74) is 0.293. The number of nitrogens with one attached hydrogen (secondary N) is 1. The lowest BCUT2D eigenvalue weighted by Crippen LogP contribution is -2.25. The van der Waals surface area contributed by atoms with Crippen LogP contribution in [0.5, 0.6) is 0 Å². The molecule has 2 N–H and O–H groups in total. The molecule has 0 heterocycles. The van der Waals surface area contributed by atoms with Gasteiger partial charge in [0.25, 0.3) is 0 Å². The van der Waals surface area contributed by atoms with E-state index in [9.17, 15) is 13.2 Å². The Bertz CT molecular complexity index is 510. The molecular formula is C11H15NO4S. The van der Waals surface area contributed by atoms with Gasteiger partial charge in [0.1, 0.15) is 0 Å². The van der Waals surface area contributed by atoms with E-state index in [0.717, 1.165) is 0 Å². The number of carboxylic acids is 1. The molecule has 1 unspecified atom stereocenters. The highest BCUT2D eigenvalue weighted by Gasteiger charge is 2.23. The van der Waals surface area contributed by atoms with Crippen LogP contribution in [-0.4, -0.2) is 26.0 Å². The molecule has 0 aliphatic carbocycles. The second kappa shape index (κ2) is 5.29. The van der Waals surface area contributed by atoms with Gasteiger partial charge in [-0.1, -0.05) is 25.1 Å². The number of sulfonamides is 1. The summed E-state index contributed by atoms with van der Waals surface area (Å²) in [6.45, 7) is 3.39. The second-order valence-electron chi connectivity index (χ2n) is 3.60. The molecule has 6 heteroatoms. The molecule has 0 spiro atoms. The van der Waals surface area contributed by atoms with E-state index in [1.165, 1.54) is 19.1 Å². The summed E-state index contributed by atoms with van der Waals surface area (Å²) >= 11 is 0. The lowest BCUT2D eigenvalue weighted by Gasteiger charge is -2.13. The summed E-state index contributed by atoms with van der Waals surface area (Å²) in [5.74, 6) is -1.91. The molecule has 0 bridgehead atoms. The van der Waals surface area contributed by atoms with Gasteiger partial charge in [-0.3, -0.25) is 4.79 Å². The lowest BCUT2D eigenvalue weighted by atomic mass is 10.0. The van der Waals surface area contributed by atoms with Crippen LogP contribution in [0.2, 0.25) is 0 Å². The normalized spacial score (nSPS) is 13.3. The molecule has 17 heavy (non-hydrogen) atoms. The Kier molecular flexibility index (Phi) is 4.25.